The van der Waals surface area contributed by atoms with Crippen LogP contribution in [0, 0.1) is 6.92 Å². The summed E-state index contributed by atoms with van der Waals surface area (Å²) in [7, 11) is 0. The summed E-state index contributed by atoms with van der Waals surface area (Å²) in [6, 6.07) is 15.7. The molecule has 0 unspecified atom stereocenters. The zero-order valence-corrected chi connectivity index (χ0v) is 17.5. The lowest BCUT2D eigenvalue weighted by Crippen LogP contribution is -2.35. The van der Waals surface area contributed by atoms with E-state index in [2.05, 4.69) is 26.0 Å². The van der Waals surface area contributed by atoms with Gasteiger partial charge in [-0.15, -0.1) is 0 Å². The number of carbonyl (C=O) groups is 1. The predicted molar refractivity (Wildman–Crippen MR) is 120 cm³/mol. The molecule has 0 N–H and O–H groups in total. The Hall–Kier alpha value is -3.74. The van der Waals surface area contributed by atoms with E-state index in [-0.39, 0.29) is 5.91 Å². The SMILES string of the molecule is Cc1cc(N2CCCN(C(=O)c3cccc(-c4ccc5nccn5n4)c3)CC2)ccn1. The highest BCUT2D eigenvalue weighted by Gasteiger charge is 2.21. The van der Waals surface area contributed by atoms with E-state index in [0.29, 0.717) is 12.1 Å². The van der Waals surface area contributed by atoms with Crippen molar-refractivity contribution >= 4 is 17.2 Å². The Morgan fingerprint density at radius 2 is 1.87 bits per heavy atom. The summed E-state index contributed by atoms with van der Waals surface area (Å²) in [5.74, 6) is 0.0679. The van der Waals surface area contributed by atoms with Crippen LogP contribution in [0.5, 0.6) is 0 Å². The van der Waals surface area contributed by atoms with Crippen LogP contribution >= 0.6 is 0 Å². The molecule has 1 fully saturated rings. The standard InChI is InChI=1S/C24H24N6O/c1-18-16-21(8-9-25-18)28-11-3-12-29(15-14-28)24(31)20-5-2-4-19(17-20)22-6-7-23-26-10-13-30(23)27-22/h2,4-10,13,16-17H,3,11-12,14-15H2,1H3. The summed E-state index contributed by atoms with van der Waals surface area (Å²) < 4.78 is 1.74. The minimum Gasteiger partial charge on any atom is -0.370 e. The Bertz CT molecular complexity index is 1230. The van der Waals surface area contributed by atoms with Crippen molar-refractivity contribution in [2.45, 2.75) is 13.3 Å². The Morgan fingerprint density at radius 3 is 2.77 bits per heavy atom. The first-order valence-corrected chi connectivity index (χ1v) is 10.6. The zero-order chi connectivity index (χ0) is 21.2. The lowest BCUT2D eigenvalue weighted by Gasteiger charge is -2.24. The Kier molecular flexibility index (Phi) is 5.08. The number of pyridine rings is 1. The van der Waals surface area contributed by atoms with Crippen molar-refractivity contribution in [3.05, 3.63) is 78.4 Å². The smallest absolute Gasteiger partial charge is 0.253 e. The van der Waals surface area contributed by atoms with Gasteiger partial charge in [-0.05, 0) is 49.7 Å². The Morgan fingerprint density at radius 1 is 0.935 bits per heavy atom. The van der Waals surface area contributed by atoms with Crippen LogP contribution in [0.2, 0.25) is 0 Å². The highest BCUT2D eigenvalue weighted by atomic mass is 16.2. The summed E-state index contributed by atoms with van der Waals surface area (Å²) >= 11 is 0. The third kappa shape index (κ3) is 3.99. The number of imidazole rings is 1. The number of aromatic nitrogens is 4. The van der Waals surface area contributed by atoms with Crippen LogP contribution in [0.15, 0.2) is 67.1 Å². The van der Waals surface area contributed by atoms with Gasteiger partial charge in [-0.3, -0.25) is 9.78 Å². The van der Waals surface area contributed by atoms with Crippen molar-refractivity contribution in [3.8, 4) is 11.3 Å². The van der Waals surface area contributed by atoms with Gasteiger partial charge in [0.2, 0.25) is 0 Å². The van der Waals surface area contributed by atoms with Gasteiger partial charge in [0.15, 0.2) is 5.65 Å². The molecule has 3 aromatic heterocycles. The Labute approximate surface area is 181 Å². The van der Waals surface area contributed by atoms with Crippen LogP contribution in [0.1, 0.15) is 22.5 Å². The maximum Gasteiger partial charge on any atom is 0.253 e. The number of hydrogen-bond donors (Lipinski definition) is 0. The molecule has 31 heavy (non-hydrogen) atoms. The Balaban J connectivity index is 1.33. The van der Waals surface area contributed by atoms with Gasteiger partial charge in [0.25, 0.3) is 5.91 Å². The number of aryl methyl sites for hydroxylation is 1. The maximum absolute atomic E-state index is 13.3. The molecule has 156 valence electrons. The van der Waals surface area contributed by atoms with E-state index in [9.17, 15) is 4.79 Å². The summed E-state index contributed by atoms with van der Waals surface area (Å²) in [4.78, 5) is 26.1. The van der Waals surface area contributed by atoms with Gasteiger partial charge in [0.1, 0.15) is 0 Å². The van der Waals surface area contributed by atoms with Crippen LogP contribution in [0.25, 0.3) is 16.9 Å². The number of benzene rings is 1. The molecule has 1 aromatic carbocycles. The highest BCUT2D eigenvalue weighted by Crippen LogP contribution is 2.21. The molecule has 0 aliphatic carbocycles. The molecule has 4 heterocycles. The van der Waals surface area contributed by atoms with Crippen molar-refractivity contribution in [3.63, 3.8) is 0 Å². The van der Waals surface area contributed by atoms with Gasteiger partial charge in [0, 0.05) is 67.3 Å². The molecular formula is C24H24N6O. The summed E-state index contributed by atoms with van der Waals surface area (Å²) in [6.07, 6.45) is 6.33. The molecule has 1 aliphatic rings. The second-order valence-corrected chi connectivity index (χ2v) is 7.82. The fourth-order valence-electron chi connectivity index (χ4n) is 4.07. The van der Waals surface area contributed by atoms with Gasteiger partial charge in [0.05, 0.1) is 5.69 Å². The van der Waals surface area contributed by atoms with Crippen molar-refractivity contribution < 1.29 is 4.79 Å². The molecule has 4 aromatic rings. The number of fused-ring (bicyclic) bond motifs is 1. The minimum absolute atomic E-state index is 0.0679. The van der Waals surface area contributed by atoms with Gasteiger partial charge >= 0.3 is 0 Å². The molecule has 1 saturated heterocycles. The number of anilines is 1. The van der Waals surface area contributed by atoms with Gasteiger partial charge in [-0.2, -0.15) is 5.10 Å². The molecule has 0 spiro atoms. The topological polar surface area (TPSA) is 66.6 Å². The van der Waals surface area contributed by atoms with Gasteiger partial charge in [-0.1, -0.05) is 12.1 Å². The van der Waals surface area contributed by atoms with Crippen LogP contribution < -0.4 is 4.90 Å². The van der Waals surface area contributed by atoms with E-state index in [1.54, 1.807) is 10.7 Å². The van der Waals surface area contributed by atoms with Crippen LogP contribution in [0.4, 0.5) is 5.69 Å². The number of carbonyl (C=O) groups excluding carboxylic acids is 1. The molecule has 0 bridgehead atoms. The first kappa shape index (κ1) is 19.2. The van der Waals surface area contributed by atoms with E-state index in [1.807, 2.05) is 66.7 Å². The molecule has 7 nitrogen and oxygen atoms in total. The lowest BCUT2D eigenvalue weighted by atomic mass is 10.1. The maximum atomic E-state index is 13.3. The number of amides is 1. The molecule has 1 amide bonds. The van der Waals surface area contributed by atoms with Crippen LogP contribution in [-0.2, 0) is 0 Å². The summed E-state index contributed by atoms with van der Waals surface area (Å²) in [5.41, 5.74) is 5.41. The molecule has 0 saturated carbocycles. The predicted octanol–water partition coefficient (Wildman–Crippen LogP) is 3.45. The second kappa shape index (κ2) is 8.18. The van der Waals surface area contributed by atoms with E-state index < -0.39 is 0 Å². The molecular weight excluding hydrogens is 388 g/mol. The average Bonchev–Trinajstić information content (AvgIpc) is 3.13. The largest absolute Gasteiger partial charge is 0.370 e. The normalized spacial score (nSPS) is 14.6. The van der Waals surface area contributed by atoms with Crippen molar-refractivity contribution in [2.75, 3.05) is 31.1 Å². The molecule has 5 rings (SSSR count). The third-order valence-electron chi connectivity index (χ3n) is 5.69. The van der Waals surface area contributed by atoms with Crippen molar-refractivity contribution in [2.24, 2.45) is 0 Å². The number of rotatable bonds is 3. The number of nitrogens with zero attached hydrogens (tertiary/aromatic N) is 6. The van der Waals surface area contributed by atoms with Crippen LogP contribution in [0.3, 0.4) is 0 Å². The highest BCUT2D eigenvalue weighted by molar-refractivity contribution is 5.95. The van der Waals surface area contributed by atoms with Gasteiger partial charge in [-0.25, -0.2) is 9.50 Å². The quantitative estimate of drug-likeness (QED) is 0.516. The molecule has 7 heteroatoms. The van der Waals surface area contributed by atoms with E-state index in [1.165, 1.54) is 5.69 Å². The zero-order valence-electron chi connectivity index (χ0n) is 17.5. The number of hydrogen-bond acceptors (Lipinski definition) is 5. The monoisotopic (exact) mass is 412 g/mol. The second-order valence-electron chi connectivity index (χ2n) is 7.82. The molecule has 1 aliphatic heterocycles. The third-order valence-corrected chi connectivity index (χ3v) is 5.69. The fourth-order valence-corrected chi connectivity index (χ4v) is 4.07. The van der Waals surface area contributed by atoms with E-state index >= 15 is 0 Å². The molecule has 0 atom stereocenters. The average molecular weight is 412 g/mol. The van der Waals surface area contributed by atoms with E-state index in [0.717, 1.165) is 48.7 Å². The van der Waals surface area contributed by atoms with E-state index in [4.69, 9.17) is 0 Å². The van der Waals surface area contributed by atoms with Crippen LogP contribution in [-0.4, -0.2) is 56.6 Å². The molecule has 0 radical (unpaired) electrons. The fraction of sp³-hybridized carbons (Fsp3) is 0.250. The van der Waals surface area contributed by atoms with Gasteiger partial charge < -0.3 is 9.80 Å². The minimum atomic E-state index is 0.0679. The first-order chi connectivity index (χ1) is 15.2. The van der Waals surface area contributed by atoms with Crippen molar-refractivity contribution in [1.82, 2.24) is 24.5 Å². The summed E-state index contributed by atoms with van der Waals surface area (Å²) in [6.45, 7) is 5.20. The first-order valence-electron chi connectivity index (χ1n) is 10.6. The van der Waals surface area contributed by atoms with Crippen molar-refractivity contribution in [1.29, 1.82) is 0 Å². The lowest BCUT2D eigenvalue weighted by molar-refractivity contribution is 0.0767. The summed E-state index contributed by atoms with van der Waals surface area (Å²) in [5, 5.41) is 4.60.